The van der Waals surface area contributed by atoms with Gasteiger partial charge in [0, 0.05) is 24.0 Å². The van der Waals surface area contributed by atoms with Crippen LogP contribution in [-0.2, 0) is 10.3 Å². The van der Waals surface area contributed by atoms with Crippen molar-refractivity contribution in [3.63, 3.8) is 0 Å². The van der Waals surface area contributed by atoms with Gasteiger partial charge in [-0.1, -0.05) is 6.07 Å². The van der Waals surface area contributed by atoms with Crippen LogP contribution >= 0.6 is 0 Å². The van der Waals surface area contributed by atoms with E-state index in [1.807, 2.05) is 6.92 Å². The van der Waals surface area contributed by atoms with Crippen LogP contribution in [0.25, 0.3) is 0 Å². The summed E-state index contributed by atoms with van der Waals surface area (Å²) in [5, 5.41) is 4.14. The summed E-state index contributed by atoms with van der Waals surface area (Å²) in [5.41, 5.74) is -0.351. The Balaban J connectivity index is 2.00. The van der Waals surface area contributed by atoms with Crippen LogP contribution < -0.4 is 0 Å². The van der Waals surface area contributed by atoms with Crippen molar-refractivity contribution >= 4 is 0 Å². The number of nitrogens with zero attached hydrogens (tertiary/aromatic N) is 2. The van der Waals surface area contributed by atoms with Crippen molar-refractivity contribution in [3.8, 4) is 0 Å². The third-order valence-electron chi connectivity index (χ3n) is 3.44. The van der Waals surface area contributed by atoms with Crippen LogP contribution in [0.5, 0.6) is 0 Å². The zero-order chi connectivity index (χ0) is 12.8. The molecule has 0 bridgehead atoms. The molecule has 0 radical (unpaired) electrons. The molecule has 1 saturated heterocycles. The standard InChI is InChI=1S/C13H12F2N2O/c1-9(17-6-2-5-16-17)13(8-18-13)11-4-3-10(14)7-12(11)15/h2-7,9H,8H2,1H3/t9?,13-/m1/s1. The van der Waals surface area contributed by atoms with Crippen molar-refractivity contribution in [1.29, 1.82) is 0 Å². The second-order valence-corrected chi connectivity index (χ2v) is 4.46. The molecule has 1 fully saturated rings. The molecule has 3 nitrogen and oxygen atoms in total. The number of ether oxygens (including phenoxy) is 1. The first-order valence-electron chi connectivity index (χ1n) is 5.72. The average molecular weight is 250 g/mol. The van der Waals surface area contributed by atoms with Crippen LogP contribution in [0, 0.1) is 11.6 Å². The molecule has 0 N–H and O–H groups in total. The average Bonchev–Trinajstić information content (AvgIpc) is 2.95. The summed E-state index contributed by atoms with van der Waals surface area (Å²) >= 11 is 0. The maximum Gasteiger partial charge on any atom is 0.141 e. The van der Waals surface area contributed by atoms with E-state index >= 15 is 0 Å². The van der Waals surface area contributed by atoms with Gasteiger partial charge in [-0.2, -0.15) is 5.10 Å². The van der Waals surface area contributed by atoms with Gasteiger partial charge < -0.3 is 4.74 Å². The number of rotatable bonds is 3. The minimum absolute atomic E-state index is 0.146. The lowest BCUT2D eigenvalue weighted by molar-refractivity contribution is 0.215. The number of hydrogen-bond donors (Lipinski definition) is 0. The largest absolute Gasteiger partial charge is 0.362 e. The van der Waals surface area contributed by atoms with Crippen LogP contribution in [0.2, 0.25) is 0 Å². The van der Waals surface area contributed by atoms with Crippen LogP contribution in [0.4, 0.5) is 8.78 Å². The van der Waals surface area contributed by atoms with E-state index in [1.165, 1.54) is 12.1 Å². The molecule has 18 heavy (non-hydrogen) atoms. The Hall–Kier alpha value is -1.75. The topological polar surface area (TPSA) is 30.4 Å². The van der Waals surface area contributed by atoms with Crippen LogP contribution in [0.15, 0.2) is 36.7 Å². The van der Waals surface area contributed by atoms with Crippen LogP contribution in [0.3, 0.4) is 0 Å². The molecule has 1 aromatic carbocycles. The van der Waals surface area contributed by atoms with E-state index < -0.39 is 17.2 Å². The van der Waals surface area contributed by atoms with Gasteiger partial charge in [0.2, 0.25) is 0 Å². The lowest BCUT2D eigenvalue weighted by atomic mass is 9.92. The molecule has 0 spiro atoms. The van der Waals surface area contributed by atoms with Gasteiger partial charge in [-0.25, -0.2) is 8.78 Å². The van der Waals surface area contributed by atoms with E-state index in [2.05, 4.69) is 5.10 Å². The predicted octanol–water partition coefficient (Wildman–Crippen LogP) is 2.65. The highest BCUT2D eigenvalue weighted by Gasteiger charge is 2.53. The fraction of sp³-hybridized carbons (Fsp3) is 0.308. The van der Waals surface area contributed by atoms with Gasteiger partial charge in [0.05, 0.1) is 12.6 Å². The molecule has 1 aromatic heterocycles. The first-order valence-corrected chi connectivity index (χ1v) is 5.72. The Bertz CT molecular complexity index is 564. The second kappa shape index (κ2) is 3.88. The number of benzene rings is 1. The molecule has 2 aromatic rings. The molecule has 0 aliphatic carbocycles. The molecule has 2 heterocycles. The summed E-state index contributed by atoms with van der Waals surface area (Å²) in [4.78, 5) is 0. The monoisotopic (exact) mass is 250 g/mol. The Morgan fingerprint density at radius 2 is 2.22 bits per heavy atom. The molecular formula is C13H12F2N2O. The maximum atomic E-state index is 13.8. The van der Waals surface area contributed by atoms with Crippen molar-refractivity contribution < 1.29 is 13.5 Å². The van der Waals surface area contributed by atoms with Gasteiger partial charge in [0.25, 0.3) is 0 Å². The van der Waals surface area contributed by atoms with Gasteiger partial charge >= 0.3 is 0 Å². The van der Waals surface area contributed by atoms with Gasteiger partial charge in [-0.05, 0) is 19.1 Å². The SMILES string of the molecule is CC(n1cccn1)[C@@]1(c2ccc(F)cc2F)CO1. The fourth-order valence-electron chi connectivity index (χ4n) is 2.26. The first-order chi connectivity index (χ1) is 8.63. The minimum Gasteiger partial charge on any atom is -0.362 e. The lowest BCUT2D eigenvalue weighted by Crippen LogP contribution is -2.25. The summed E-state index contributed by atoms with van der Waals surface area (Å²) in [7, 11) is 0. The number of aromatic nitrogens is 2. The van der Waals surface area contributed by atoms with Crippen LogP contribution in [-0.4, -0.2) is 16.4 Å². The minimum atomic E-state index is -0.732. The van der Waals surface area contributed by atoms with Crippen LogP contribution in [0.1, 0.15) is 18.5 Å². The smallest absolute Gasteiger partial charge is 0.141 e. The Morgan fingerprint density at radius 3 is 2.78 bits per heavy atom. The highest BCUT2D eigenvalue weighted by Crippen LogP contribution is 2.48. The Morgan fingerprint density at radius 1 is 1.44 bits per heavy atom. The number of halogens is 2. The molecule has 1 unspecified atom stereocenters. The van der Waals surface area contributed by atoms with Gasteiger partial charge in [0.1, 0.15) is 17.2 Å². The zero-order valence-corrected chi connectivity index (χ0v) is 9.81. The molecule has 1 aliphatic heterocycles. The van der Waals surface area contributed by atoms with E-state index in [9.17, 15) is 8.78 Å². The summed E-state index contributed by atoms with van der Waals surface area (Å²) in [5.74, 6) is -1.16. The second-order valence-electron chi connectivity index (χ2n) is 4.46. The summed E-state index contributed by atoms with van der Waals surface area (Å²) in [6.45, 7) is 2.32. The lowest BCUT2D eigenvalue weighted by Gasteiger charge is -2.21. The van der Waals surface area contributed by atoms with Crippen molar-refractivity contribution in [1.82, 2.24) is 9.78 Å². The molecule has 5 heteroatoms. The normalized spacial score (nSPS) is 23.9. The molecule has 3 rings (SSSR count). The van der Waals surface area contributed by atoms with E-state index in [-0.39, 0.29) is 6.04 Å². The Kier molecular flexibility index (Phi) is 2.45. The molecule has 2 atom stereocenters. The molecule has 0 amide bonds. The quantitative estimate of drug-likeness (QED) is 0.784. The summed E-state index contributed by atoms with van der Waals surface area (Å²) < 4.78 is 34.0. The highest BCUT2D eigenvalue weighted by atomic mass is 19.1. The van der Waals surface area contributed by atoms with E-state index in [0.29, 0.717) is 12.2 Å². The molecule has 94 valence electrons. The highest BCUT2D eigenvalue weighted by molar-refractivity contribution is 5.30. The fourth-order valence-corrected chi connectivity index (χ4v) is 2.26. The summed E-state index contributed by atoms with van der Waals surface area (Å²) in [6, 6.07) is 5.23. The van der Waals surface area contributed by atoms with E-state index in [4.69, 9.17) is 4.74 Å². The van der Waals surface area contributed by atoms with Crippen molar-refractivity contribution in [3.05, 3.63) is 53.9 Å². The predicted molar refractivity (Wildman–Crippen MR) is 60.9 cm³/mol. The van der Waals surface area contributed by atoms with E-state index in [0.717, 1.165) is 6.07 Å². The molecule has 1 aliphatic rings. The van der Waals surface area contributed by atoms with E-state index in [1.54, 1.807) is 23.1 Å². The number of epoxide rings is 1. The van der Waals surface area contributed by atoms with Crippen molar-refractivity contribution in [2.24, 2.45) is 0 Å². The van der Waals surface area contributed by atoms with Gasteiger partial charge in [-0.3, -0.25) is 4.68 Å². The third kappa shape index (κ3) is 1.62. The van der Waals surface area contributed by atoms with Gasteiger partial charge in [0.15, 0.2) is 0 Å². The van der Waals surface area contributed by atoms with Crippen molar-refractivity contribution in [2.75, 3.05) is 6.61 Å². The first kappa shape index (κ1) is 11.3. The van der Waals surface area contributed by atoms with Crippen molar-refractivity contribution in [2.45, 2.75) is 18.6 Å². The number of hydrogen-bond acceptors (Lipinski definition) is 2. The summed E-state index contributed by atoms with van der Waals surface area (Å²) in [6.07, 6.45) is 3.46. The zero-order valence-electron chi connectivity index (χ0n) is 9.81. The molecular weight excluding hydrogens is 238 g/mol. The van der Waals surface area contributed by atoms with Gasteiger partial charge in [-0.15, -0.1) is 0 Å². The Labute approximate surface area is 103 Å². The maximum absolute atomic E-state index is 13.8. The molecule has 0 saturated carbocycles. The third-order valence-corrected chi connectivity index (χ3v) is 3.44.